The number of benzene rings is 1. The maximum absolute atomic E-state index is 11.3. The Morgan fingerprint density at radius 1 is 1.35 bits per heavy atom. The van der Waals surface area contributed by atoms with Crippen LogP contribution in [0, 0.1) is 11.3 Å². The molecule has 7 heteroatoms. The molecule has 1 unspecified atom stereocenters. The molecule has 1 aliphatic rings. The van der Waals surface area contributed by atoms with E-state index in [2.05, 4.69) is 17.9 Å². The van der Waals surface area contributed by atoms with Crippen molar-refractivity contribution in [1.29, 1.82) is 5.26 Å². The van der Waals surface area contributed by atoms with Gasteiger partial charge in [-0.3, -0.25) is 4.90 Å². The zero-order chi connectivity index (χ0) is 19.3. The van der Waals surface area contributed by atoms with Gasteiger partial charge < -0.3 is 19.5 Å². The lowest BCUT2D eigenvalue weighted by Gasteiger charge is -2.45. The summed E-state index contributed by atoms with van der Waals surface area (Å²) in [7, 11) is 1.60. The molecule has 1 saturated heterocycles. The molecule has 0 aromatic heterocycles. The van der Waals surface area contributed by atoms with Crippen LogP contribution in [0.4, 0.5) is 4.79 Å². The highest BCUT2D eigenvalue weighted by Crippen LogP contribution is 2.30. The molecule has 0 radical (unpaired) electrons. The van der Waals surface area contributed by atoms with Crippen molar-refractivity contribution in [3.8, 4) is 11.8 Å². The number of amides is 1. The fraction of sp³-hybridized carbons (Fsp3) is 0.579. The fourth-order valence-corrected chi connectivity index (χ4v) is 3.40. The number of rotatable bonds is 6. The molecule has 2 rings (SSSR count). The Labute approximate surface area is 154 Å². The van der Waals surface area contributed by atoms with Gasteiger partial charge >= 0.3 is 6.09 Å². The molecule has 1 aromatic carbocycles. The van der Waals surface area contributed by atoms with Crippen molar-refractivity contribution < 1.29 is 19.4 Å². The van der Waals surface area contributed by atoms with Crippen molar-refractivity contribution in [3.05, 3.63) is 29.3 Å². The van der Waals surface area contributed by atoms with Crippen LogP contribution in [0.2, 0.25) is 0 Å². The van der Waals surface area contributed by atoms with Gasteiger partial charge in [-0.1, -0.05) is 6.07 Å². The quantitative estimate of drug-likeness (QED) is 0.784. The van der Waals surface area contributed by atoms with E-state index < -0.39 is 6.09 Å². The SMILES string of the molecule is COCCOc1cc(C(C)N2C[C@H](C)N(C(=O)O)C[C@H]2C)ccc1C#N. The van der Waals surface area contributed by atoms with Gasteiger partial charge in [-0.05, 0) is 38.5 Å². The van der Waals surface area contributed by atoms with Crippen molar-refractivity contribution in [2.24, 2.45) is 0 Å². The minimum Gasteiger partial charge on any atom is -0.490 e. The van der Waals surface area contributed by atoms with Crippen LogP contribution >= 0.6 is 0 Å². The molecular weight excluding hydrogens is 334 g/mol. The van der Waals surface area contributed by atoms with Gasteiger partial charge in [0.05, 0.1) is 12.2 Å². The molecule has 1 fully saturated rings. The lowest BCUT2D eigenvalue weighted by Crippen LogP contribution is -2.58. The van der Waals surface area contributed by atoms with E-state index in [9.17, 15) is 15.2 Å². The monoisotopic (exact) mass is 361 g/mol. The Kier molecular flexibility index (Phi) is 6.83. The van der Waals surface area contributed by atoms with E-state index in [4.69, 9.17) is 9.47 Å². The molecule has 7 nitrogen and oxygen atoms in total. The molecule has 3 atom stereocenters. The number of piperazine rings is 1. The summed E-state index contributed by atoms with van der Waals surface area (Å²) in [5, 5.41) is 18.6. The second-order valence-corrected chi connectivity index (χ2v) is 6.71. The first-order valence-corrected chi connectivity index (χ1v) is 8.80. The Hall–Kier alpha value is -2.30. The Morgan fingerprint density at radius 2 is 2.08 bits per heavy atom. The van der Waals surface area contributed by atoms with Crippen molar-refractivity contribution in [1.82, 2.24) is 9.80 Å². The van der Waals surface area contributed by atoms with E-state index in [-0.39, 0.29) is 18.1 Å². The second-order valence-electron chi connectivity index (χ2n) is 6.71. The summed E-state index contributed by atoms with van der Waals surface area (Å²) in [4.78, 5) is 15.1. The number of nitrogens with zero attached hydrogens (tertiary/aromatic N) is 3. The van der Waals surface area contributed by atoms with Crippen LogP contribution in [-0.2, 0) is 4.74 Å². The molecule has 1 N–H and O–H groups in total. The van der Waals surface area contributed by atoms with E-state index in [1.54, 1.807) is 13.2 Å². The molecular formula is C19H27N3O4. The second kappa shape index (κ2) is 8.88. The van der Waals surface area contributed by atoms with E-state index in [0.29, 0.717) is 37.6 Å². The minimum absolute atomic E-state index is 0.0676. The highest BCUT2D eigenvalue weighted by atomic mass is 16.5. The normalized spacial score (nSPS) is 21.9. The highest BCUT2D eigenvalue weighted by Gasteiger charge is 2.34. The molecule has 26 heavy (non-hydrogen) atoms. The van der Waals surface area contributed by atoms with Crippen LogP contribution in [0.25, 0.3) is 0 Å². The smallest absolute Gasteiger partial charge is 0.407 e. The summed E-state index contributed by atoms with van der Waals surface area (Å²) in [6.07, 6.45) is -0.871. The number of hydrogen-bond donors (Lipinski definition) is 1. The summed E-state index contributed by atoms with van der Waals surface area (Å²) in [6.45, 7) is 8.04. The summed E-state index contributed by atoms with van der Waals surface area (Å²) in [5.74, 6) is 0.554. The first kappa shape index (κ1) is 20.0. The minimum atomic E-state index is -0.871. The van der Waals surface area contributed by atoms with Gasteiger partial charge in [-0.2, -0.15) is 5.26 Å². The average molecular weight is 361 g/mol. The topological polar surface area (TPSA) is 86.0 Å². The largest absolute Gasteiger partial charge is 0.490 e. The average Bonchev–Trinajstić information content (AvgIpc) is 2.62. The van der Waals surface area contributed by atoms with E-state index in [1.165, 1.54) is 4.90 Å². The van der Waals surface area contributed by atoms with Crippen LogP contribution in [0.5, 0.6) is 5.75 Å². The third-order valence-electron chi connectivity index (χ3n) is 4.93. The molecule has 0 bridgehead atoms. The van der Waals surface area contributed by atoms with E-state index in [0.717, 1.165) is 5.56 Å². The first-order valence-electron chi connectivity index (χ1n) is 8.80. The highest BCUT2D eigenvalue weighted by molar-refractivity contribution is 5.65. The number of methoxy groups -OCH3 is 1. The Morgan fingerprint density at radius 3 is 2.69 bits per heavy atom. The lowest BCUT2D eigenvalue weighted by molar-refractivity contribution is 0.0232. The van der Waals surface area contributed by atoms with Crippen LogP contribution in [0.15, 0.2) is 18.2 Å². The zero-order valence-electron chi connectivity index (χ0n) is 15.8. The van der Waals surface area contributed by atoms with Crippen LogP contribution in [0.3, 0.4) is 0 Å². The standard InChI is InChI=1S/C19H27N3O4/c1-13-12-22(19(23)24)14(2)11-21(13)15(3)16-5-6-17(10-20)18(9-16)26-8-7-25-4/h5-6,9,13-15H,7-8,11-12H2,1-4H3,(H,23,24)/t13-,14+,15?/m1/s1. The van der Waals surface area contributed by atoms with Gasteiger partial charge in [0.25, 0.3) is 0 Å². The van der Waals surface area contributed by atoms with Crippen molar-refractivity contribution in [2.75, 3.05) is 33.4 Å². The maximum Gasteiger partial charge on any atom is 0.407 e. The Balaban J connectivity index is 2.18. The van der Waals surface area contributed by atoms with Crippen molar-refractivity contribution >= 4 is 6.09 Å². The van der Waals surface area contributed by atoms with Crippen LogP contribution in [-0.4, -0.2) is 66.5 Å². The zero-order valence-corrected chi connectivity index (χ0v) is 15.8. The third-order valence-corrected chi connectivity index (χ3v) is 4.93. The molecule has 1 heterocycles. The number of carboxylic acid groups (broad SMARTS) is 1. The molecule has 0 aliphatic carbocycles. The molecule has 1 aromatic rings. The predicted molar refractivity (Wildman–Crippen MR) is 97.3 cm³/mol. The Bertz CT molecular complexity index is 673. The summed E-state index contributed by atoms with van der Waals surface area (Å²) in [5.41, 5.74) is 1.54. The van der Waals surface area contributed by atoms with Gasteiger partial charge in [0.15, 0.2) is 0 Å². The molecule has 1 aliphatic heterocycles. The van der Waals surface area contributed by atoms with Gasteiger partial charge in [0, 0.05) is 38.3 Å². The van der Waals surface area contributed by atoms with Gasteiger partial charge in [0.1, 0.15) is 18.4 Å². The van der Waals surface area contributed by atoms with Gasteiger partial charge in [0.2, 0.25) is 0 Å². The van der Waals surface area contributed by atoms with Gasteiger partial charge in [-0.25, -0.2) is 4.79 Å². The summed E-state index contributed by atoms with van der Waals surface area (Å²) >= 11 is 0. The van der Waals surface area contributed by atoms with Crippen molar-refractivity contribution in [3.63, 3.8) is 0 Å². The number of nitriles is 1. The van der Waals surface area contributed by atoms with Crippen LogP contribution in [0.1, 0.15) is 37.9 Å². The summed E-state index contributed by atoms with van der Waals surface area (Å²) in [6, 6.07) is 7.88. The number of hydrogen-bond acceptors (Lipinski definition) is 5. The molecule has 142 valence electrons. The molecule has 1 amide bonds. The molecule has 0 spiro atoms. The molecule has 0 saturated carbocycles. The van der Waals surface area contributed by atoms with E-state index in [1.807, 2.05) is 26.0 Å². The van der Waals surface area contributed by atoms with Gasteiger partial charge in [-0.15, -0.1) is 0 Å². The maximum atomic E-state index is 11.3. The number of ether oxygens (including phenoxy) is 2. The predicted octanol–water partition coefficient (Wildman–Crippen LogP) is 2.72. The lowest BCUT2D eigenvalue weighted by atomic mass is 9.99. The van der Waals surface area contributed by atoms with E-state index >= 15 is 0 Å². The van der Waals surface area contributed by atoms with Crippen LogP contribution < -0.4 is 4.74 Å². The first-order chi connectivity index (χ1) is 12.4. The summed E-state index contributed by atoms with van der Waals surface area (Å²) < 4.78 is 10.7. The van der Waals surface area contributed by atoms with Crippen molar-refractivity contribution in [2.45, 2.75) is 38.9 Å². The fourth-order valence-electron chi connectivity index (χ4n) is 3.40. The number of carbonyl (C=O) groups is 1. The third kappa shape index (κ3) is 4.45.